The molecule has 1 fully saturated rings. The van der Waals surface area contributed by atoms with E-state index in [0.29, 0.717) is 17.9 Å². The lowest BCUT2D eigenvalue weighted by molar-refractivity contribution is 0.0631. The molecule has 0 bridgehead atoms. The summed E-state index contributed by atoms with van der Waals surface area (Å²) in [6, 6.07) is 27.9. The fraction of sp³-hybridized carbons (Fsp3) is 0.172. The Kier molecular flexibility index (Phi) is 6.93. The number of carbonyl (C=O) groups excluding carboxylic acids is 2. The third-order valence-corrected chi connectivity index (χ3v) is 6.95. The van der Waals surface area contributed by atoms with Crippen molar-refractivity contribution in [2.75, 3.05) is 19.6 Å². The summed E-state index contributed by atoms with van der Waals surface area (Å²) in [6.07, 6.45) is 1.57. The topological polar surface area (TPSA) is 65.2 Å². The van der Waals surface area contributed by atoms with Crippen molar-refractivity contribution >= 4 is 28.1 Å². The van der Waals surface area contributed by atoms with Gasteiger partial charge >= 0.3 is 0 Å². The number of aromatic amines is 1. The lowest BCUT2D eigenvalue weighted by Gasteiger charge is -2.36. The fourth-order valence-corrected chi connectivity index (χ4v) is 5.25. The van der Waals surface area contributed by atoms with E-state index >= 15 is 0 Å². The molecule has 1 aliphatic heterocycles. The van der Waals surface area contributed by atoms with Crippen LogP contribution in [0.5, 0.6) is 0 Å². The second-order valence-electron chi connectivity index (χ2n) is 8.70. The van der Waals surface area contributed by atoms with Gasteiger partial charge in [-0.2, -0.15) is 0 Å². The van der Waals surface area contributed by atoms with Gasteiger partial charge in [-0.3, -0.25) is 9.59 Å². The monoisotopic (exact) mass is 527 g/mol. The molecule has 0 spiro atoms. The fourth-order valence-electron chi connectivity index (χ4n) is 4.85. The Morgan fingerprint density at radius 1 is 0.943 bits per heavy atom. The molecular formula is C29H26BrN3O2. The molecule has 0 saturated carbocycles. The summed E-state index contributed by atoms with van der Waals surface area (Å²) in [5, 5.41) is 3.43. The normalized spacial score (nSPS) is 15.7. The minimum absolute atomic E-state index is 0.0135. The van der Waals surface area contributed by atoms with Crippen LogP contribution in [0.1, 0.15) is 26.5 Å². The van der Waals surface area contributed by atoms with Crippen molar-refractivity contribution in [1.82, 2.24) is 15.2 Å². The van der Waals surface area contributed by atoms with E-state index in [9.17, 15) is 9.59 Å². The molecule has 5 rings (SSSR count). The first kappa shape index (κ1) is 23.3. The molecule has 2 heterocycles. The standard InChI is InChI=1S/C29H26BrN3O2/c30-23-13-7-12-22(17-23)26-25(19-34)32-28(27(26)21-10-5-2-6-11-21)29(35)33-15-14-31-18-24(33)16-20-8-3-1-4-9-20/h1-13,17,19,24,31-32H,14-16,18H2/t24-/m1/s1. The molecule has 1 aromatic heterocycles. The van der Waals surface area contributed by atoms with E-state index in [1.165, 1.54) is 5.56 Å². The smallest absolute Gasteiger partial charge is 0.271 e. The average Bonchev–Trinajstić information content (AvgIpc) is 3.30. The Hall–Kier alpha value is -3.48. The van der Waals surface area contributed by atoms with Gasteiger partial charge < -0.3 is 15.2 Å². The molecule has 0 aliphatic carbocycles. The third kappa shape index (κ3) is 4.85. The van der Waals surface area contributed by atoms with Crippen LogP contribution in [0, 0.1) is 0 Å². The van der Waals surface area contributed by atoms with E-state index in [1.807, 2.05) is 77.7 Å². The van der Waals surface area contributed by atoms with Crippen molar-refractivity contribution in [3.63, 3.8) is 0 Å². The maximum Gasteiger partial charge on any atom is 0.271 e. The van der Waals surface area contributed by atoms with E-state index in [-0.39, 0.29) is 11.9 Å². The number of hydrogen-bond acceptors (Lipinski definition) is 3. The van der Waals surface area contributed by atoms with Crippen LogP contribution in [0.4, 0.5) is 0 Å². The van der Waals surface area contributed by atoms with E-state index in [2.05, 4.69) is 38.4 Å². The summed E-state index contributed by atoms with van der Waals surface area (Å²) in [4.78, 5) is 31.5. The van der Waals surface area contributed by atoms with E-state index in [1.54, 1.807) is 0 Å². The summed E-state index contributed by atoms with van der Waals surface area (Å²) in [5.74, 6) is -0.0874. The van der Waals surface area contributed by atoms with Gasteiger partial charge in [-0.1, -0.05) is 88.7 Å². The van der Waals surface area contributed by atoms with E-state index in [0.717, 1.165) is 52.5 Å². The molecule has 2 N–H and O–H groups in total. The van der Waals surface area contributed by atoms with Crippen molar-refractivity contribution in [3.05, 3.63) is 106 Å². The lowest BCUT2D eigenvalue weighted by atomic mass is 9.94. The molecule has 1 amide bonds. The van der Waals surface area contributed by atoms with Crippen molar-refractivity contribution in [2.24, 2.45) is 0 Å². The van der Waals surface area contributed by atoms with Gasteiger partial charge in [-0.25, -0.2) is 0 Å². The SMILES string of the molecule is O=Cc1[nH]c(C(=O)N2CCNC[C@H]2Cc2ccccc2)c(-c2ccccc2)c1-c1cccc(Br)c1. The zero-order chi connectivity index (χ0) is 24.2. The van der Waals surface area contributed by atoms with Crippen LogP contribution in [0.2, 0.25) is 0 Å². The highest BCUT2D eigenvalue weighted by Gasteiger charge is 2.32. The first-order chi connectivity index (χ1) is 17.2. The predicted octanol–water partition coefficient (Wildman–Crippen LogP) is 5.58. The predicted molar refractivity (Wildman–Crippen MR) is 143 cm³/mol. The molecule has 0 unspecified atom stereocenters. The Labute approximate surface area is 213 Å². The van der Waals surface area contributed by atoms with Gasteiger partial charge in [0.15, 0.2) is 6.29 Å². The van der Waals surface area contributed by atoms with Crippen molar-refractivity contribution in [1.29, 1.82) is 0 Å². The first-order valence-corrected chi connectivity index (χ1v) is 12.5. The number of carbonyl (C=O) groups is 2. The summed E-state index contributed by atoms with van der Waals surface area (Å²) < 4.78 is 0.907. The Morgan fingerprint density at radius 3 is 2.37 bits per heavy atom. The van der Waals surface area contributed by atoms with Crippen molar-refractivity contribution < 1.29 is 9.59 Å². The first-order valence-electron chi connectivity index (χ1n) is 11.7. The van der Waals surface area contributed by atoms with Crippen molar-refractivity contribution in [3.8, 4) is 22.3 Å². The van der Waals surface area contributed by atoms with Crippen LogP contribution in [0.15, 0.2) is 89.4 Å². The molecule has 3 aromatic carbocycles. The molecule has 1 atom stereocenters. The number of H-pyrrole nitrogens is 1. The number of nitrogens with zero attached hydrogens (tertiary/aromatic N) is 1. The molecule has 1 saturated heterocycles. The highest BCUT2D eigenvalue weighted by Crippen LogP contribution is 2.39. The maximum atomic E-state index is 14.1. The van der Waals surface area contributed by atoms with Gasteiger partial charge in [0.25, 0.3) is 5.91 Å². The summed E-state index contributed by atoms with van der Waals surface area (Å²) in [5.41, 5.74) is 5.31. The van der Waals surface area contributed by atoms with Gasteiger partial charge in [0.05, 0.1) is 5.69 Å². The van der Waals surface area contributed by atoms with Gasteiger partial charge in [-0.15, -0.1) is 0 Å². The zero-order valence-electron chi connectivity index (χ0n) is 19.2. The molecule has 5 nitrogen and oxygen atoms in total. The van der Waals surface area contributed by atoms with E-state index < -0.39 is 0 Å². The summed E-state index contributed by atoms with van der Waals surface area (Å²) >= 11 is 3.54. The van der Waals surface area contributed by atoms with Crippen LogP contribution < -0.4 is 5.32 Å². The lowest BCUT2D eigenvalue weighted by Crippen LogP contribution is -2.54. The number of halogens is 1. The minimum Gasteiger partial charge on any atom is -0.347 e. The molecule has 1 aliphatic rings. The van der Waals surface area contributed by atoms with Gasteiger partial charge in [0, 0.05) is 41.3 Å². The second-order valence-corrected chi connectivity index (χ2v) is 9.62. The number of aldehydes is 1. The Balaban J connectivity index is 1.62. The number of rotatable bonds is 6. The Bertz CT molecular complexity index is 1330. The number of hydrogen-bond donors (Lipinski definition) is 2. The number of nitrogens with one attached hydrogen (secondary N) is 2. The van der Waals surface area contributed by atoms with Crippen LogP contribution in [0.25, 0.3) is 22.3 Å². The number of benzene rings is 3. The van der Waals surface area contributed by atoms with Crippen LogP contribution in [0.3, 0.4) is 0 Å². The summed E-state index contributed by atoms with van der Waals surface area (Å²) in [7, 11) is 0. The average molecular weight is 528 g/mol. The second kappa shape index (κ2) is 10.4. The molecule has 4 aromatic rings. The highest BCUT2D eigenvalue weighted by molar-refractivity contribution is 9.10. The van der Waals surface area contributed by atoms with Gasteiger partial charge in [-0.05, 0) is 35.2 Å². The summed E-state index contributed by atoms with van der Waals surface area (Å²) in [6.45, 7) is 2.06. The maximum absolute atomic E-state index is 14.1. The molecule has 0 radical (unpaired) electrons. The van der Waals surface area contributed by atoms with Gasteiger partial charge in [0.2, 0.25) is 0 Å². The molecule has 176 valence electrons. The van der Waals surface area contributed by atoms with Crippen molar-refractivity contribution in [2.45, 2.75) is 12.5 Å². The van der Waals surface area contributed by atoms with Crippen LogP contribution in [-0.2, 0) is 6.42 Å². The molecule has 6 heteroatoms. The highest BCUT2D eigenvalue weighted by atomic mass is 79.9. The Morgan fingerprint density at radius 2 is 1.66 bits per heavy atom. The number of piperazine rings is 1. The van der Waals surface area contributed by atoms with Crippen LogP contribution in [-0.4, -0.2) is 47.8 Å². The van der Waals surface area contributed by atoms with Gasteiger partial charge in [0.1, 0.15) is 5.69 Å². The molecule has 35 heavy (non-hydrogen) atoms. The van der Waals surface area contributed by atoms with Crippen LogP contribution >= 0.6 is 15.9 Å². The molecular weight excluding hydrogens is 502 g/mol. The minimum atomic E-state index is -0.0874. The van der Waals surface area contributed by atoms with E-state index in [4.69, 9.17) is 0 Å². The quantitative estimate of drug-likeness (QED) is 0.321. The largest absolute Gasteiger partial charge is 0.347 e. The number of aromatic nitrogens is 1. The number of amides is 1. The third-order valence-electron chi connectivity index (χ3n) is 6.46. The zero-order valence-corrected chi connectivity index (χ0v) is 20.8.